The number of carbonyl (C=O) groups excluding carboxylic acids is 1. The van der Waals surface area contributed by atoms with E-state index in [0.717, 1.165) is 22.6 Å². The summed E-state index contributed by atoms with van der Waals surface area (Å²) in [7, 11) is 0. The Hall–Kier alpha value is 0.280. The third-order valence-electron chi connectivity index (χ3n) is 2.67. The molecule has 0 heterocycles. The molecule has 0 atom stereocenters. The number of ketones is 1. The van der Waals surface area contributed by atoms with E-state index in [0.29, 0.717) is 11.1 Å². The number of rotatable bonds is 2. The van der Waals surface area contributed by atoms with Gasteiger partial charge in [0.25, 0.3) is 0 Å². The first-order valence-corrected chi connectivity index (χ1v) is 8.81. The molecule has 0 saturated heterocycles. The van der Waals surface area contributed by atoms with E-state index in [1.54, 1.807) is 0 Å². The fraction of sp³-hybridized carbons (Fsp3) is 0.0714. The van der Waals surface area contributed by atoms with Crippen molar-refractivity contribution in [3.05, 3.63) is 64.0 Å². The molecule has 0 bridgehead atoms. The molecule has 0 fully saturated rings. The van der Waals surface area contributed by atoms with E-state index in [1.807, 2.05) is 37.3 Å². The van der Waals surface area contributed by atoms with Gasteiger partial charge < -0.3 is 0 Å². The van der Waals surface area contributed by atoms with E-state index >= 15 is 0 Å². The van der Waals surface area contributed by atoms with Crippen LogP contribution in [-0.2, 0) is 0 Å². The van der Waals surface area contributed by atoms with Gasteiger partial charge in [-0.2, -0.15) is 0 Å². The smallest absolute Gasteiger partial charge is 0.195 e. The zero-order valence-electron chi connectivity index (χ0n) is 9.81. The average molecular weight is 559 g/mol. The third-order valence-corrected chi connectivity index (χ3v) is 5.54. The highest BCUT2D eigenvalue weighted by Crippen LogP contribution is 2.29. The van der Waals surface area contributed by atoms with Gasteiger partial charge in [-0.3, -0.25) is 4.79 Å². The molecule has 0 radical (unpaired) electrons. The summed E-state index contributed by atoms with van der Waals surface area (Å²) in [5.41, 5.74) is 2.41. The van der Waals surface area contributed by atoms with Crippen molar-refractivity contribution in [2.24, 2.45) is 0 Å². The quantitative estimate of drug-likeness (QED) is 0.321. The highest BCUT2D eigenvalue weighted by molar-refractivity contribution is 14.1. The molecule has 19 heavy (non-hydrogen) atoms. The standard InChI is InChI=1S/C14H8Br3IO/c1-7-4-13(17)10(6-12(7)16)14(19)9-5-8(18)2-3-11(9)15/h2-6H,1H3. The van der Waals surface area contributed by atoms with Crippen LogP contribution in [-0.4, -0.2) is 5.78 Å². The summed E-state index contributed by atoms with van der Waals surface area (Å²) in [5, 5.41) is 0. The predicted molar refractivity (Wildman–Crippen MR) is 96.9 cm³/mol. The van der Waals surface area contributed by atoms with Crippen LogP contribution in [0.1, 0.15) is 21.5 Å². The molecule has 0 aliphatic rings. The van der Waals surface area contributed by atoms with Gasteiger partial charge in [0.1, 0.15) is 0 Å². The van der Waals surface area contributed by atoms with E-state index in [4.69, 9.17) is 0 Å². The van der Waals surface area contributed by atoms with Crippen LogP contribution in [0, 0.1) is 10.5 Å². The van der Waals surface area contributed by atoms with E-state index in [9.17, 15) is 4.79 Å². The first-order chi connectivity index (χ1) is 8.90. The van der Waals surface area contributed by atoms with Gasteiger partial charge in [-0.05, 0) is 65.4 Å². The Bertz CT molecular complexity index is 668. The molecule has 5 heteroatoms. The molecule has 2 aromatic carbocycles. The average Bonchev–Trinajstić information content (AvgIpc) is 2.36. The lowest BCUT2D eigenvalue weighted by molar-refractivity contribution is 0.103. The molecule has 0 aliphatic heterocycles. The van der Waals surface area contributed by atoms with Crippen LogP contribution in [0.3, 0.4) is 0 Å². The Balaban J connectivity index is 2.56. The zero-order valence-corrected chi connectivity index (χ0v) is 16.7. The van der Waals surface area contributed by atoms with Crippen molar-refractivity contribution in [2.75, 3.05) is 0 Å². The number of carbonyl (C=O) groups is 1. The molecule has 0 aromatic heterocycles. The van der Waals surface area contributed by atoms with Gasteiger partial charge in [0, 0.05) is 28.1 Å². The Labute approximate surface area is 150 Å². The van der Waals surface area contributed by atoms with Crippen LogP contribution in [0.4, 0.5) is 0 Å². The molecule has 0 unspecified atom stereocenters. The second-order valence-electron chi connectivity index (χ2n) is 4.03. The van der Waals surface area contributed by atoms with Gasteiger partial charge in [0.05, 0.1) is 0 Å². The summed E-state index contributed by atoms with van der Waals surface area (Å²) < 4.78 is 3.58. The topological polar surface area (TPSA) is 17.1 Å². The number of aryl methyl sites for hydroxylation is 1. The minimum Gasteiger partial charge on any atom is -0.289 e. The number of halogens is 4. The lowest BCUT2D eigenvalue weighted by Gasteiger charge is -2.09. The third kappa shape index (κ3) is 3.49. The largest absolute Gasteiger partial charge is 0.289 e. The molecule has 0 aliphatic carbocycles. The highest BCUT2D eigenvalue weighted by atomic mass is 127. The van der Waals surface area contributed by atoms with Crippen LogP contribution in [0.2, 0.25) is 0 Å². The van der Waals surface area contributed by atoms with Gasteiger partial charge in [0.15, 0.2) is 5.78 Å². The minimum absolute atomic E-state index is 0.00188. The fourth-order valence-electron chi connectivity index (χ4n) is 1.64. The lowest BCUT2D eigenvalue weighted by atomic mass is 10.0. The maximum atomic E-state index is 12.6. The van der Waals surface area contributed by atoms with E-state index in [-0.39, 0.29) is 5.78 Å². The molecule has 2 rings (SSSR count). The Morgan fingerprint density at radius 1 is 0.947 bits per heavy atom. The zero-order chi connectivity index (χ0) is 14.2. The van der Waals surface area contributed by atoms with Crippen molar-refractivity contribution in [1.29, 1.82) is 0 Å². The van der Waals surface area contributed by atoms with Crippen LogP contribution in [0.15, 0.2) is 43.7 Å². The highest BCUT2D eigenvalue weighted by Gasteiger charge is 2.17. The van der Waals surface area contributed by atoms with Gasteiger partial charge in [-0.1, -0.05) is 47.8 Å². The van der Waals surface area contributed by atoms with Crippen LogP contribution in [0.5, 0.6) is 0 Å². The number of hydrogen-bond donors (Lipinski definition) is 0. The van der Waals surface area contributed by atoms with E-state index < -0.39 is 0 Å². The minimum atomic E-state index is -0.00188. The summed E-state index contributed by atoms with van der Waals surface area (Å²) in [6.07, 6.45) is 0. The van der Waals surface area contributed by atoms with Gasteiger partial charge in [-0.15, -0.1) is 0 Å². The lowest BCUT2D eigenvalue weighted by Crippen LogP contribution is -2.04. The summed E-state index contributed by atoms with van der Waals surface area (Å²) >= 11 is 12.6. The van der Waals surface area contributed by atoms with Crippen LogP contribution >= 0.6 is 70.4 Å². The van der Waals surface area contributed by atoms with Gasteiger partial charge >= 0.3 is 0 Å². The van der Waals surface area contributed by atoms with Crippen molar-refractivity contribution in [1.82, 2.24) is 0 Å². The Morgan fingerprint density at radius 2 is 1.58 bits per heavy atom. The fourth-order valence-corrected chi connectivity index (χ4v) is 3.54. The SMILES string of the molecule is Cc1cc(Br)c(C(=O)c2cc(I)ccc2Br)cc1Br. The molecule has 98 valence electrons. The molecule has 0 N–H and O–H groups in total. The van der Waals surface area contributed by atoms with Crippen molar-refractivity contribution < 1.29 is 4.79 Å². The molecule has 1 nitrogen and oxygen atoms in total. The van der Waals surface area contributed by atoms with Gasteiger partial charge in [0.2, 0.25) is 0 Å². The molecule has 0 saturated carbocycles. The normalized spacial score (nSPS) is 10.6. The second kappa shape index (κ2) is 6.37. The van der Waals surface area contributed by atoms with E-state index in [1.165, 1.54) is 0 Å². The number of hydrogen-bond acceptors (Lipinski definition) is 1. The maximum Gasteiger partial charge on any atom is 0.195 e. The Morgan fingerprint density at radius 3 is 2.26 bits per heavy atom. The van der Waals surface area contributed by atoms with E-state index in [2.05, 4.69) is 70.4 Å². The van der Waals surface area contributed by atoms with Crippen molar-refractivity contribution in [2.45, 2.75) is 6.92 Å². The second-order valence-corrected chi connectivity index (χ2v) is 7.84. The molecule has 0 amide bonds. The molecular formula is C14H8Br3IO. The maximum absolute atomic E-state index is 12.6. The monoisotopic (exact) mass is 556 g/mol. The van der Waals surface area contributed by atoms with Crippen molar-refractivity contribution in [3.8, 4) is 0 Å². The summed E-state index contributed by atoms with van der Waals surface area (Å²) in [4.78, 5) is 12.6. The van der Waals surface area contributed by atoms with Crippen LogP contribution < -0.4 is 0 Å². The van der Waals surface area contributed by atoms with Crippen molar-refractivity contribution >= 4 is 76.2 Å². The first kappa shape index (κ1) is 15.7. The predicted octanol–water partition coefficient (Wildman–Crippen LogP) is 6.12. The number of benzene rings is 2. The molecule has 0 spiro atoms. The van der Waals surface area contributed by atoms with Crippen molar-refractivity contribution in [3.63, 3.8) is 0 Å². The summed E-state index contributed by atoms with van der Waals surface area (Å²) in [6, 6.07) is 9.54. The Kier molecular flexibility index (Phi) is 5.25. The van der Waals surface area contributed by atoms with Crippen LogP contribution in [0.25, 0.3) is 0 Å². The molecular weight excluding hydrogens is 551 g/mol. The summed E-state index contributed by atoms with van der Waals surface area (Å²) in [5.74, 6) is -0.00188. The summed E-state index contributed by atoms with van der Waals surface area (Å²) in [6.45, 7) is 1.99. The molecule has 2 aromatic rings. The first-order valence-electron chi connectivity index (χ1n) is 5.35. The van der Waals surface area contributed by atoms with Gasteiger partial charge in [-0.25, -0.2) is 0 Å².